The van der Waals surface area contributed by atoms with Gasteiger partial charge in [0, 0.05) is 77.9 Å². The average Bonchev–Trinajstić information content (AvgIpc) is 1.42. The molecule has 4 nitrogen and oxygen atoms in total. The van der Waals surface area contributed by atoms with Crippen molar-refractivity contribution in [1.82, 2.24) is 9.13 Å². The third-order valence-corrected chi connectivity index (χ3v) is 31.2. The molecule has 2 aromatic heterocycles. The molecule has 23 aromatic rings. The zero-order chi connectivity index (χ0) is 90.3. The summed E-state index contributed by atoms with van der Waals surface area (Å²) in [5, 5.41) is 4.83. The predicted molar refractivity (Wildman–Crippen MR) is 573 cm³/mol. The van der Waals surface area contributed by atoms with Gasteiger partial charge in [-0.15, -0.1) is 0 Å². The van der Waals surface area contributed by atoms with E-state index in [1.54, 1.807) is 0 Å². The van der Waals surface area contributed by atoms with E-state index >= 15 is 0 Å². The van der Waals surface area contributed by atoms with E-state index in [2.05, 4.69) is 513 Å². The minimum absolute atomic E-state index is 0.355. The molecule has 29 rings (SSSR count). The molecular weight excluding hydrogens is 1650 g/mol. The molecule has 4 aliphatic carbocycles. The number of hydrogen-bond donors (Lipinski definition) is 0. The number of fused-ring (bicyclic) bond motifs is 30. The predicted octanol–water partition coefficient (Wildman–Crippen LogP) is 31.9. The summed E-state index contributed by atoms with van der Waals surface area (Å²) >= 11 is 0. The van der Waals surface area contributed by atoms with Gasteiger partial charge in [-0.1, -0.05) is 397 Å². The average molecular weight is 1740 g/mol. The van der Waals surface area contributed by atoms with Gasteiger partial charge in [0.05, 0.1) is 44.3 Å². The van der Waals surface area contributed by atoms with Crippen molar-refractivity contribution < 1.29 is 0 Å². The van der Waals surface area contributed by atoms with E-state index in [9.17, 15) is 0 Å². The SMILES string of the molecule is CC(C)(C)c1cc2c3c(c1)N(c1c(-c4ccccc4)cc(-c4ccccc4)cc1-c1ccccc1)c1cc(-n4c5ccccc5c5cc6c(cc54)C4(c5ccccc5-c5ccccc54)c4ccccc4-6)ccc1B3c1ccc(-n3c4ccccc4c4cc5c(cc43)C3(c4ccccc4-c4ccccc43)c3ccccc3-5)cc1N2c1c(-c2ccccc2)cc(-c2ccccc2)cc1-c1ccccc1. The van der Waals surface area contributed by atoms with Crippen LogP contribution in [0.1, 0.15) is 70.8 Å². The molecule has 0 saturated heterocycles. The molecule has 0 bridgehead atoms. The molecule has 5 heteroatoms. The molecule has 4 heterocycles. The summed E-state index contributed by atoms with van der Waals surface area (Å²) in [6.45, 7) is 6.91. The van der Waals surface area contributed by atoms with Crippen molar-refractivity contribution in [1.29, 1.82) is 0 Å². The van der Waals surface area contributed by atoms with Crippen molar-refractivity contribution in [3.05, 3.63) is 523 Å². The summed E-state index contributed by atoms with van der Waals surface area (Å²) in [4.78, 5) is 5.53. The van der Waals surface area contributed by atoms with Crippen LogP contribution in [0.15, 0.2) is 473 Å². The van der Waals surface area contributed by atoms with Gasteiger partial charge in [-0.05, 0) is 258 Å². The van der Waals surface area contributed by atoms with Gasteiger partial charge in [-0.3, -0.25) is 0 Å². The molecule has 21 aromatic carbocycles. The van der Waals surface area contributed by atoms with Crippen molar-refractivity contribution in [2.24, 2.45) is 0 Å². The highest BCUT2D eigenvalue weighted by molar-refractivity contribution is 7.00. The Bertz CT molecular complexity index is 8340. The molecule has 0 fully saturated rings. The highest BCUT2D eigenvalue weighted by Crippen LogP contribution is 2.67. The molecule has 6 aliphatic rings. The van der Waals surface area contributed by atoms with E-state index in [0.29, 0.717) is 0 Å². The molecule has 137 heavy (non-hydrogen) atoms. The number of benzene rings is 21. The number of aromatic nitrogens is 2. The Morgan fingerprint density at radius 3 is 0.788 bits per heavy atom. The van der Waals surface area contributed by atoms with E-state index in [-0.39, 0.29) is 6.71 Å². The molecular formula is C132H87BN4. The summed E-state index contributed by atoms with van der Waals surface area (Å²) in [5.41, 5.74) is 50.8. The molecule has 0 radical (unpaired) electrons. The second kappa shape index (κ2) is 29.2. The van der Waals surface area contributed by atoms with Crippen LogP contribution in [-0.4, -0.2) is 15.8 Å². The van der Waals surface area contributed by atoms with Gasteiger partial charge in [0.15, 0.2) is 0 Å². The zero-order valence-electron chi connectivity index (χ0n) is 75.9. The van der Waals surface area contributed by atoms with Crippen LogP contribution in [0.4, 0.5) is 34.1 Å². The summed E-state index contributed by atoms with van der Waals surface area (Å²) in [6, 6.07) is 182. The summed E-state index contributed by atoms with van der Waals surface area (Å²) in [6.07, 6.45) is 0. The number of para-hydroxylation sites is 2. The summed E-state index contributed by atoms with van der Waals surface area (Å²) in [5.74, 6) is 0. The third kappa shape index (κ3) is 10.9. The van der Waals surface area contributed by atoms with E-state index in [4.69, 9.17) is 0 Å². The quantitative estimate of drug-likeness (QED) is 0.127. The molecule has 2 spiro atoms. The fourth-order valence-corrected chi connectivity index (χ4v) is 25.5. The smallest absolute Gasteiger partial charge is 0.252 e. The Morgan fingerprint density at radius 2 is 0.474 bits per heavy atom. The topological polar surface area (TPSA) is 16.3 Å². The lowest BCUT2D eigenvalue weighted by Crippen LogP contribution is -2.61. The molecule has 2 aliphatic heterocycles. The van der Waals surface area contributed by atoms with Crippen molar-refractivity contribution in [3.63, 3.8) is 0 Å². The first-order chi connectivity index (χ1) is 67.6. The molecule has 0 N–H and O–H groups in total. The normalized spacial score (nSPS) is 13.7. The Kier molecular flexibility index (Phi) is 16.5. The van der Waals surface area contributed by atoms with Crippen molar-refractivity contribution in [3.8, 4) is 123 Å². The fraction of sp³-hybridized carbons (Fsp3) is 0.0455. The van der Waals surface area contributed by atoms with E-state index in [1.165, 1.54) is 133 Å². The lowest BCUT2D eigenvalue weighted by atomic mass is 9.33. The van der Waals surface area contributed by atoms with E-state index in [1.807, 2.05) is 0 Å². The van der Waals surface area contributed by atoms with Gasteiger partial charge in [0.25, 0.3) is 6.71 Å². The van der Waals surface area contributed by atoms with Crippen LogP contribution in [-0.2, 0) is 16.2 Å². The zero-order valence-corrected chi connectivity index (χ0v) is 75.9. The fourth-order valence-electron chi connectivity index (χ4n) is 25.5. The number of rotatable bonds is 10. The number of anilines is 6. The molecule has 638 valence electrons. The van der Waals surface area contributed by atoms with Gasteiger partial charge in [-0.25, -0.2) is 0 Å². The standard InChI is InChI=1S/C132H87BN4/c1-130(2,3)90-74-125-127-126(75-90)137(129-103(86-46-18-8-19-47-86)72-89(83-40-12-5-13-41-83)73-104(129)87-48-20-9-21-49-87)124-77-92(135-120-65-37-29-57-100(120)108-79-106-98-55-27-35-63-114(98)132(116(106)81-122(108)135)111-60-32-24-52-95(111)96-53-25-33-61-112(96)132)67-69-118(124)133(127)117-68-66-91(76-123(117)136(125)128-101(84-42-14-6-15-43-84)70-88(82-38-10-4-11-39-82)71-102(128)85-44-16-7-17-45-85)134-119-64-36-28-56-99(119)107-78-105-97-54-26-34-62-113(97)131(115(105)80-121(107)134)109-58-30-22-50-93(109)94-51-23-31-59-110(94)131/h4-81H,1-3H3. The van der Waals surface area contributed by atoms with Crippen molar-refractivity contribution in [2.75, 3.05) is 9.80 Å². The van der Waals surface area contributed by atoms with Crippen molar-refractivity contribution in [2.45, 2.75) is 37.0 Å². The third-order valence-electron chi connectivity index (χ3n) is 31.2. The molecule has 0 unspecified atom stereocenters. The second-order valence-corrected chi connectivity index (χ2v) is 39.1. The van der Waals surface area contributed by atoms with Gasteiger partial charge in [0.1, 0.15) is 0 Å². The first-order valence-corrected chi connectivity index (χ1v) is 48.1. The maximum absolute atomic E-state index is 2.77. The van der Waals surface area contributed by atoms with Gasteiger partial charge < -0.3 is 18.9 Å². The maximum Gasteiger partial charge on any atom is 0.252 e. The van der Waals surface area contributed by atoms with Crippen molar-refractivity contribution >= 4 is 101 Å². The lowest BCUT2D eigenvalue weighted by Gasteiger charge is -2.46. The largest absolute Gasteiger partial charge is 0.310 e. The van der Waals surface area contributed by atoms with Crippen LogP contribution < -0.4 is 26.2 Å². The minimum atomic E-state index is -0.580. The first-order valence-electron chi connectivity index (χ1n) is 48.1. The number of nitrogens with zero attached hydrogens (tertiary/aromatic N) is 4. The molecule has 0 saturated carbocycles. The monoisotopic (exact) mass is 1740 g/mol. The van der Waals surface area contributed by atoms with Gasteiger partial charge >= 0.3 is 0 Å². The Hall–Kier alpha value is -17.1. The van der Waals surface area contributed by atoms with Gasteiger partial charge in [0.2, 0.25) is 0 Å². The maximum atomic E-state index is 2.77. The first kappa shape index (κ1) is 77.5. The Balaban J connectivity index is 0.762. The van der Waals surface area contributed by atoms with Gasteiger partial charge in [-0.2, -0.15) is 0 Å². The summed E-state index contributed by atoms with van der Waals surface area (Å²) in [7, 11) is 0. The van der Waals surface area contributed by atoms with Crippen LogP contribution in [0.25, 0.3) is 166 Å². The minimum Gasteiger partial charge on any atom is -0.310 e. The Morgan fingerprint density at radius 1 is 0.197 bits per heavy atom. The Labute approximate surface area is 797 Å². The lowest BCUT2D eigenvalue weighted by molar-refractivity contribution is 0.590. The van der Waals surface area contributed by atoms with Crippen LogP contribution in [0.2, 0.25) is 0 Å². The van der Waals surface area contributed by atoms with Crippen LogP contribution in [0.5, 0.6) is 0 Å². The second-order valence-electron chi connectivity index (χ2n) is 39.1. The molecule has 0 amide bonds. The van der Waals surface area contributed by atoms with Crippen LogP contribution >= 0.6 is 0 Å². The van der Waals surface area contributed by atoms with Crippen LogP contribution in [0.3, 0.4) is 0 Å². The van der Waals surface area contributed by atoms with Crippen LogP contribution in [0, 0.1) is 0 Å². The number of hydrogen-bond acceptors (Lipinski definition) is 2. The van der Waals surface area contributed by atoms with E-state index < -0.39 is 16.2 Å². The molecule has 0 atom stereocenters. The highest BCUT2D eigenvalue weighted by atomic mass is 15.2. The van der Waals surface area contributed by atoms with E-state index in [0.717, 1.165) is 134 Å². The highest BCUT2D eigenvalue weighted by Gasteiger charge is 2.55. The summed E-state index contributed by atoms with van der Waals surface area (Å²) < 4.78 is 5.25.